The van der Waals surface area contributed by atoms with Crippen molar-refractivity contribution in [2.45, 2.75) is 0 Å². The molecule has 1 amide bonds. The van der Waals surface area contributed by atoms with E-state index in [9.17, 15) is 4.79 Å². The monoisotopic (exact) mass is 257 g/mol. The van der Waals surface area contributed by atoms with Gasteiger partial charge in [-0.2, -0.15) is 0 Å². The summed E-state index contributed by atoms with van der Waals surface area (Å²) in [6, 6.07) is 7.19. The average Bonchev–Trinajstić information content (AvgIpc) is 2.47. The molecule has 0 saturated carbocycles. The minimum absolute atomic E-state index is 0.00705. The molecule has 1 aliphatic heterocycles. The van der Waals surface area contributed by atoms with Gasteiger partial charge in [-0.3, -0.25) is 4.79 Å². The minimum Gasteiger partial charge on any atom is -0.486 e. The molecule has 6 nitrogen and oxygen atoms in total. The van der Waals surface area contributed by atoms with E-state index in [4.69, 9.17) is 15.2 Å². The number of hydrogen-bond donors (Lipinski definition) is 1. The zero-order valence-corrected chi connectivity index (χ0v) is 10.00. The Balaban J connectivity index is 2.02. The van der Waals surface area contributed by atoms with Gasteiger partial charge in [-0.25, -0.2) is 9.97 Å². The van der Waals surface area contributed by atoms with Crippen LogP contribution in [0, 0.1) is 0 Å². The maximum Gasteiger partial charge on any atom is 0.286 e. The van der Waals surface area contributed by atoms with Crippen LogP contribution in [0.3, 0.4) is 0 Å². The lowest BCUT2D eigenvalue weighted by molar-refractivity contribution is 0.0990. The van der Waals surface area contributed by atoms with Gasteiger partial charge in [0.05, 0.1) is 5.69 Å². The summed E-state index contributed by atoms with van der Waals surface area (Å²) in [7, 11) is 0. The highest BCUT2D eigenvalue weighted by molar-refractivity contribution is 5.89. The number of aromatic nitrogens is 2. The van der Waals surface area contributed by atoms with Crippen LogP contribution in [-0.2, 0) is 0 Å². The molecule has 2 heterocycles. The second-order valence-electron chi connectivity index (χ2n) is 3.99. The standard InChI is InChI=1S/C13H11N3O3/c14-12(17)13-15-4-3-9(16-13)8-1-2-10-11(7-8)19-6-5-18-10/h1-4,7H,5-6H2,(H2,14,17). The van der Waals surface area contributed by atoms with Gasteiger partial charge in [0.2, 0.25) is 5.82 Å². The van der Waals surface area contributed by atoms with Gasteiger partial charge < -0.3 is 15.2 Å². The predicted molar refractivity (Wildman–Crippen MR) is 67.0 cm³/mol. The molecule has 2 N–H and O–H groups in total. The lowest BCUT2D eigenvalue weighted by Crippen LogP contribution is -2.16. The zero-order chi connectivity index (χ0) is 13.2. The number of fused-ring (bicyclic) bond motifs is 1. The predicted octanol–water partition coefficient (Wildman–Crippen LogP) is 1.01. The molecule has 19 heavy (non-hydrogen) atoms. The quantitative estimate of drug-likeness (QED) is 0.867. The summed E-state index contributed by atoms with van der Waals surface area (Å²) in [4.78, 5) is 19.0. The number of hydrogen-bond acceptors (Lipinski definition) is 5. The third-order valence-electron chi connectivity index (χ3n) is 2.71. The van der Waals surface area contributed by atoms with Gasteiger partial charge in [-0.05, 0) is 24.3 Å². The van der Waals surface area contributed by atoms with Crippen molar-refractivity contribution in [3.05, 3.63) is 36.3 Å². The van der Waals surface area contributed by atoms with Gasteiger partial charge >= 0.3 is 0 Å². The van der Waals surface area contributed by atoms with E-state index in [1.165, 1.54) is 6.20 Å². The van der Waals surface area contributed by atoms with Crippen molar-refractivity contribution in [3.8, 4) is 22.8 Å². The van der Waals surface area contributed by atoms with E-state index in [-0.39, 0.29) is 5.82 Å². The molecule has 2 aromatic rings. The van der Waals surface area contributed by atoms with Gasteiger partial charge in [-0.15, -0.1) is 0 Å². The Hall–Kier alpha value is -2.63. The molecule has 1 aliphatic rings. The Morgan fingerprint density at radius 2 is 1.95 bits per heavy atom. The average molecular weight is 257 g/mol. The highest BCUT2D eigenvalue weighted by Crippen LogP contribution is 2.33. The van der Waals surface area contributed by atoms with Crippen molar-refractivity contribution in [3.63, 3.8) is 0 Å². The zero-order valence-electron chi connectivity index (χ0n) is 10.00. The van der Waals surface area contributed by atoms with E-state index in [0.717, 1.165) is 5.56 Å². The third-order valence-corrected chi connectivity index (χ3v) is 2.71. The van der Waals surface area contributed by atoms with Crippen molar-refractivity contribution in [1.82, 2.24) is 9.97 Å². The molecule has 0 fully saturated rings. The second-order valence-corrected chi connectivity index (χ2v) is 3.99. The van der Waals surface area contributed by atoms with Gasteiger partial charge in [-0.1, -0.05) is 0 Å². The second kappa shape index (κ2) is 4.56. The van der Waals surface area contributed by atoms with Crippen LogP contribution in [0.1, 0.15) is 10.6 Å². The summed E-state index contributed by atoms with van der Waals surface area (Å²) in [5.41, 5.74) is 6.59. The van der Waals surface area contributed by atoms with Crippen LogP contribution >= 0.6 is 0 Å². The summed E-state index contributed by atoms with van der Waals surface area (Å²) in [5.74, 6) is 0.717. The van der Waals surface area contributed by atoms with Crippen molar-refractivity contribution in [2.24, 2.45) is 5.73 Å². The van der Waals surface area contributed by atoms with E-state index in [2.05, 4.69) is 9.97 Å². The molecular weight excluding hydrogens is 246 g/mol. The Kier molecular flexibility index (Phi) is 2.75. The van der Waals surface area contributed by atoms with Crippen LogP contribution < -0.4 is 15.2 Å². The van der Waals surface area contributed by atoms with Crippen LogP contribution in [0.4, 0.5) is 0 Å². The van der Waals surface area contributed by atoms with E-state index >= 15 is 0 Å². The van der Waals surface area contributed by atoms with Crippen LogP contribution in [0.25, 0.3) is 11.3 Å². The largest absolute Gasteiger partial charge is 0.486 e. The molecule has 0 saturated heterocycles. The van der Waals surface area contributed by atoms with Gasteiger partial charge in [0, 0.05) is 11.8 Å². The first kappa shape index (κ1) is 11.5. The molecule has 0 unspecified atom stereocenters. The SMILES string of the molecule is NC(=O)c1nccc(-c2ccc3c(c2)OCCO3)n1. The minimum atomic E-state index is -0.653. The van der Waals surface area contributed by atoms with Crippen LogP contribution in [0.2, 0.25) is 0 Å². The molecule has 0 aliphatic carbocycles. The number of carbonyl (C=O) groups excluding carboxylic acids is 1. The molecule has 0 radical (unpaired) electrons. The lowest BCUT2D eigenvalue weighted by atomic mass is 10.1. The number of amides is 1. The Labute approximate surface area is 109 Å². The van der Waals surface area contributed by atoms with Crippen LogP contribution in [0.5, 0.6) is 11.5 Å². The summed E-state index contributed by atoms with van der Waals surface area (Å²) in [5, 5.41) is 0. The van der Waals surface area contributed by atoms with Crippen molar-refractivity contribution < 1.29 is 14.3 Å². The van der Waals surface area contributed by atoms with E-state index in [1.54, 1.807) is 6.07 Å². The first-order chi connectivity index (χ1) is 9.24. The lowest BCUT2D eigenvalue weighted by Gasteiger charge is -2.18. The summed E-state index contributed by atoms with van der Waals surface area (Å²) >= 11 is 0. The third kappa shape index (κ3) is 2.20. The normalized spacial score (nSPS) is 13.1. The first-order valence-electron chi connectivity index (χ1n) is 5.77. The highest BCUT2D eigenvalue weighted by Gasteiger charge is 2.13. The molecule has 3 rings (SSSR count). The van der Waals surface area contributed by atoms with Crippen LogP contribution in [0.15, 0.2) is 30.5 Å². The Morgan fingerprint density at radius 3 is 2.74 bits per heavy atom. The molecule has 6 heteroatoms. The van der Waals surface area contributed by atoms with Gasteiger partial charge in [0.25, 0.3) is 5.91 Å². The first-order valence-corrected chi connectivity index (χ1v) is 5.77. The Morgan fingerprint density at radius 1 is 1.16 bits per heavy atom. The number of carbonyl (C=O) groups is 1. The maximum absolute atomic E-state index is 11.1. The van der Waals surface area contributed by atoms with Crippen molar-refractivity contribution in [2.75, 3.05) is 13.2 Å². The number of nitrogens with zero attached hydrogens (tertiary/aromatic N) is 2. The molecular formula is C13H11N3O3. The molecule has 0 atom stereocenters. The number of nitrogens with two attached hydrogens (primary N) is 1. The summed E-state index contributed by atoms with van der Waals surface area (Å²) in [6.07, 6.45) is 1.50. The van der Waals surface area contributed by atoms with E-state index < -0.39 is 5.91 Å². The van der Waals surface area contributed by atoms with E-state index in [0.29, 0.717) is 30.4 Å². The molecule has 1 aromatic heterocycles. The fraction of sp³-hybridized carbons (Fsp3) is 0.154. The van der Waals surface area contributed by atoms with Crippen LogP contribution in [-0.4, -0.2) is 29.1 Å². The fourth-order valence-corrected chi connectivity index (χ4v) is 1.84. The molecule has 1 aromatic carbocycles. The van der Waals surface area contributed by atoms with Gasteiger partial charge in [0.1, 0.15) is 13.2 Å². The van der Waals surface area contributed by atoms with Crippen molar-refractivity contribution >= 4 is 5.91 Å². The Bertz CT molecular complexity index is 643. The number of rotatable bonds is 2. The molecule has 0 spiro atoms. The number of ether oxygens (including phenoxy) is 2. The molecule has 96 valence electrons. The summed E-state index contributed by atoms with van der Waals surface area (Å²) < 4.78 is 10.9. The van der Waals surface area contributed by atoms with E-state index in [1.807, 2.05) is 18.2 Å². The number of primary amides is 1. The molecule has 0 bridgehead atoms. The smallest absolute Gasteiger partial charge is 0.286 e. The number of benzene rings is 1. The highest BCUT2D eigenvalue weighted by atomic mass is 16.6. The van der Waals surface area contributed by atoms with Crippen molar-refractivity contribution in [1.29, 1.82) is 0 Å². The summed E-state index contributed by atoms with van der Waals surface area (Å²) in [6.45, 7) is 1.07. The van der Waals surface area contributed by atoms with Gasteiger partial charge in [0.15, 0.2) is 11.5 Å². The fourth-order valence-electron chi connectivity index (χ4n) is 1.84. The topological polar surface area (TPSA) is 87.3 Å². The maximum atomic E-state index is 11.1.